The molecule has 0 heterocycles. The Labute approximate surface area is 107 Å². The molecule has 0 fully saturated rings. The van der Waals surface area contributed by atoms with Crippen molar-refractivity contribution in [2.24, 2.45) is 5.73 Å². The quantitative estimate of drug-likeness (QED) is 0.808. The predicted octanol–water partition coefficient (Wildman–Crippen LogP) is 0.739. The van der Waals surface area contributed by atoms with Crippen LogP contribution in [0.4, 0.5) is 5.69 Å². The van der Waals surface area contributed by atoms with Crippen LogP contribution in [0.25, 0.3) is 0 Å². The lowest BCUT2D eigenvalue weighted by molar-refractivity contribution is -0.131. The first-order chi connectivity index (χ1) is 8.40. The number of aryl methyl sites for hydroxylation is 1. The van der Waals surface area contributed by atoms with Gasteiger partial charge < -0.3 is 16.0 Å². The fourth-order valence-corrected chi connectivity index (χ4v) is 1.43. The second-order valence-electron chi connectivity index (χ2n) is 4.46. The lowest BCUT2D eigenvalue weighted by Gasteiger charge is -2.18. The third-order valence-electron chi connectivity index (χ3n) is 2.61. The maximum atomic E-state index is 11.6. The Balaban J connectivity index is 2.72. The largest absolute Gasteiger partial charge is 0.373 e. The van der Waals surface area contributed by atoms with Gasteiger partial charge >= 0.3 is 0 Å². The topological polar surface area (TPSA) is 75.4 Å². The lowest BCUT2D eigenvalue weighted by atomic mass is 10.1. The molecule has 98 valence electrons. The number of primary amides is 1. The van der Waals surface area contributed by atoms with E-state index in [4.69, 9.17) is 5.73 Å². The van der Waals surface area contributed by atoms with E-state index in [2.05, 4.69) is 5.32 Å². The van der Waals surface area contributed by atoms with Gasteiger partial charge in [0.1, 0.15) is 6.04 Å². The van der Waals surface area contributed by atoms with Crippen LogP contribution >= 0.6 is 0 Å². The Kier molecular flexibility index (Phi) is 4.71. The van der Waals surface area contributed by atoms with E-state index >= 15 is 0 Å². The zero-order valence-electron chi connectivity index (χ0n) is 10.9. The minimum absolute atomic E-state index is 0.0518. The summed E-state index contributed by atoms with van der Waals surface area (Å²) in [7, 11) is 3.29. The van der Waals surface area contributed by atoms with Gasteiger partial charge in [0.15, 0.2) is 0 Å². The number of carbonyl (C=O) groups is 2. The maximum absolute atomic E-state index is 11.6. The molecule has 2 amide bonds. The van der Waals surface area contributed by atoms with E-state index in [9.17, 15) is 9.59 Å². The number of hydrogen-bond donors (Lipinski definition) is 2. The van der Waals surface area contributed by atoms with Crippen LogP contribution in [-0.2, 0) is 9.59 Å². The third kappa shape index (κ3) is 4.08. The Morgan fingerprint density at radius 1 is 1.28 bits per heavy atom. The summed E-state index contributed by atoms with van der Waals surface area (Å²) < 4.78 is 0. The molecule has 0 aliphatic carbocycles. The van der Waals surface area contributed by atoms with Gasteiger partial charge in [-0.15, -0.1) is 0 Å². The Bertz CT molecular complexity index is 426. The molecule has 3 N–H and O–H groups in total. The molecule has 1 aromatic carbocycles. The highest BCUT2D eigenvalue weighted by atomic mass is 16.2. The molecule has 5 nitrogen and oxygen atoms in total. The summed E-state index contributed by atoms with van der Waals surface area (Å²) in [6.07, 6.45) is 0.0518. The van der Waals surface area contributed by atoms with Crippen LogP contribution in [0.1, 0.15) is 12.0 Å². The van der Waals surface area contributed by atoms with Crippen LogP contribution < -0.4 is 11.1 Å². The van der Waals surface area contributed by atoms with Crippen molar-refractivity contribution >= 4 is 17.5 Å². The molecule has 0 saturated heterocycles. The second kappa shape index (κ2) is 6.05. The molecule has 0 saturated carbocycles. The standard InChI is InChI=1S/C13H19N3O2/c1-9-4-6-10(7-5-9)15-11(13(14)18)8-12(17)16(2)3/h4-7,11,15H,8H2,1-3H3,(H2,14,18). The molecule has 18 heavy (non-hydrogen) atoms. The van der Waals surface area contributed by atoms with Crippen molar-refractivity contribution in [1.82, 2.24) is 4.90 Å². The number of nitrogens with zero attached hydrogens (tertiary/aromatic N) is 1. The van der Waals surface area contributed by atoms with Gasteiger partial charge in [-0.25, -0.2) is 0 Å². The highest BCUT2D eigenvalue weighted by Gasteiger charge is 2.20. The molecule has 0 spiro atoms. The first-order valence-electron chi connectivity index (χ1n) is 5.73. The number of nitrogens with two attached hydrogens (primary N) is 1. The number of anilines is 1. The lowest BCUT2D eigenvalue weighted by Crippen LogP contribution is -2.39. The SMILES string of the molecule is Cc1ccc(NC(CC(=O)N(C)C)C(N)=O)cc1. The van der Waals surface area contributed by atoms with Crippen LogP contribution in [0, 0.1) is 6.92 Å². The third-order valence-corrected chi connectivity index (χ3v) is 2.61. The van der Waals surface area contributed by atoms with Gasteiger partial charge in [0.2, 0.25) is 11.8 Å². The molecule has 5 heteroatoms. The Hall–Kier alpha value is -2.04. The summed E-state index contributed by atoms with van der Waals surface area (Å²) in [5, 5.41) is 2.97. The zero-order valence-corrected chi connectivity index (χ0v) is 10.9. The van der Waals surface area contributed by atoms with Crippen LogP contribution in [0.3, 0.4) is 0 Å². The average Bonchev–Trinajstić information content (AvgIpc) is 2.30. The Morgan fingerprint density at radius 3 is 2.28 bits per heavy atom. The maximum Gasteiger partial charge on any atom is 0.240 e. The molecule has 1 aromatic rings. The van der Waals surface area contributed by atoms with Gasteiger partial charge in [-0.2, -0.15) is 0 Å². The molecule has 0 aromatic heterocycles. The van der Waals surface area contributed by atoms with Crippen molar-refractivity contribution in [3.05, 3.63) is 29.8 Å². The highest BCUT2D eigenvalue weighted by Crippen LogP contribution is 2.11. The molecule has 1 atom stereocenters. The molecular formula is C13H19N3O2. The molecule has 0 radical (unpaired) electrons. The number of nitrogens with one attached hydrogen (secondary N) is 1. The number of carbonyl (C=O) groups excluding carboxylic acids is 2. The number of hydrogen-bond acceptors (Lipinski definition) is 3. The molecule has 1 rings (SSSR count). The summed E-state index contributed by atoms with van der Waals surface area (Å²) in [5.74, 6) is -0.677. The minimum Gasteiger partial charge on any atom is -0.373 e. The first-order valence-corrected chi connectivity index (χ1v) is 5.73. The van der Waals surface area contributed by atoms with Crippen molar-refractivity contribution in [3.8, 4) is 0 Å². The van der Waals surface area contributed by atoms with Gasteiger partial charge in [0.25, 0.3) is 0 Å². The number of amides is 2. The fourth-order valence-electron chi connectivity index (χ4n) is 1.43. The van der Waals surface area contributed by atoms with Crippen molar-refractivity contribution in [2.45, 2.75) is 19.4 Å². The highest BCUT2D eigenvalue weighted by molar-refractivity contribution is 5.89. The van der Waals surface area contributed by atoms with Gasteiger partial charge in [-0.1, -0.05) is 17.7 Å². The number of benzene rings is 1. The van der Waals surface area contributed by atoms with Crippen LogP contribution in [0.15, 0.2) is 24.3 Å². The van der Waals surface area contributed by atoms with Gasteiger partial charge in [-0.05, 0) is 19.1 Å². The molecule has 0 aliphatic rings. The predicted molar refractivity (Wildman–Crippen MR) is 71.1 cm³/mol. The van der Waals surface area contributed by atoms with E-state index in [0.717, 1.165) is 11.3 Å². The summed E-state index contributed by atoms with van der Waals surface area (Å²) in [6.45, 7) is 1.98. The van der Waals surface area contributed by atoms with Gasteiger partial charge in [-0.3, -0.25) is 9.59 Å². The normalized spacial score (nSPS) is 11.7. The van der Waals surface area contributed by atoms with Crippen LogP contribution in [0.5, 0.6) is 0 Å². The van der Waals surface area contributed by atoms with Gasteiger partial charge in [0.05, 0.1) is 6.42 Å². The smallest absolute Gasteiger partial charge is 0.240 e. The summed E-state index contributed by atoms with van der Waals surface area (Å²) in [5.41, 5.74) is 7.19. The van der Waals surface area contributed by atoms with E-state index in [1.54, 1.807) is 14.1 Å². The van der Waals surface area contributed by atoms with E-state index in [1.807, 2.05) is 31.2 Å². The van der Waals surface area contributed by atoms with Crippen molar-refractivity contribution in [3.63, 3.8) is 0 Å². The van der Waals surface area contributed by atoms with Crippen molar-refractivity contribution < 1.29 is 9.59 Å². The van der Waals surface area contributed by atoms with Crippen LogP contribution in [-0.4, -0.2) is 36.9 Å². The van der Waals surface area contributed by atoms with E-state index < -0.39 is 11.9 Å². The van der Waals surface area contributed by atoms with Gasteiger partial charge in [0, 0.05) is 19.8 Å². The molecular weight excluding hydrogens is 230 g/mol. The fraction of sp³-hybridized carbons (Fsp3) is 0.385. The first kappa shape index (κ1) is 14.0. The Morgan fingerprint density at radius 2 is 1.83 bits per heavy atom. The van der Waals surface area contributed by atoms with Crippen molar-refractivity contribution in [2.75, 3.05) is 19.4 Å². The zero-order chi connectivity index (χ0) is 13.7. The van der Waals surface area contributed by atoms with Crippen LogP contribution in [0.2, 0.25) is 0 Å². The van der Waals surface area contributed by atoms with E-state index in [-0.39, 0.29) is 12.3 Å². The second-order valence-corrected chi connectivity index (χ2v) is 4.46. The monoisotopic (exact) mass is 249 g/mol. The molecule has 1 unspecified atom stereocenters. The van der Waals surface area contributed by atoms with E-state index in [0.29, 0.717) is 0 Å². The average molecular weight is 249 g/mol. The summed E-state index contributed by atoms with van der Waals surface area (Å²) in [6, 6.07) is 6.86. The molecule has 0 bridgehead atoms. The molecule has 0 aliphatic heterocycles. The van der Waals surface area contributed by atoms with Crippen molar-refractivity contribution in [1.29, 1.82) is 0 Å². The minimum atomic E-state index is -0.692. The number of rotatable bonds is 5. The van der Waals surface area contributed by atoms with E-state index in [1.165, 1.54) is 4.90 Å². The summed E-state index contributed by atoms with van der Waals surface area (Å²) >= 11 is 0. The summed E-state index contributed by atoms with van der Waals surface area (Å²) in [4.78, 5) is 24.3.